The molecule has 2 aromatic heterocycles. The standard InChI is InChI=1S/C11H11ClN2O3S/c1-8-2-3-9(17-8)6-14-18(15,16)10-4-5-11(12)13-7-10/h2-5,7,14H,6H2,1H3. The number of hydrogen-bond acceptors (Lipinski definition) is 4. The van der Waals surface area contributed by atoms with Gasteiger partial charge in [-0.2, -0.15) is 0 Å². The molecule has 0 saturated carbocycles. The van der Waals surface area contributed by atoms with Crippen LogP contribution in [0.2, 0.25) is 5.15 Å². The smallest absolute Gasteiger partial charge is 0.242 e. The summed E-state index contributed by atoms with van der Waals surface area (Å²) in [6.07, 6.45) is 1.21. The second-order valence-electron chi connectivity index (χ2n) is 3.65. The highest BCUT2D eigenvalue weighted by atomic mass is 35.5. The SMILES string of the molecule is Cc1ccc(CNS(=O)(=O)c2ccc(Cl)nc2)o1. The molecule has 0 bridgehead atoms. The van der Waals surface area contributed by atoms with Crippen LogP contribution < -0.4 is 4.72 Å². The summed E-state index contributed by atoms with van der Waals surface area (Å²) in [7, 11) is -3.60. The summed E-state index contributed by atoms with van der Waals surface area (Å²) in [5.74, 6) is 1.29. The van der Waals surface area contributed by atoms with Crippen LogP contribution in [0.5, 0.6) is 0 Å². The number of hydrogen-bond donors (Lipinski definition) is 1. The number of furan rings is 1. The molecule has 1 N–H and O–H groups in total. The minimum atomic E-state index is -3.60. The maximum Gasteiger partial charge on any atom is 0.242 e. The van der Waals surface area contributed by atoms with Gasteiger partial charge in [0, 0.05) is 6.20 Å². The summed E-state index contributed by atoms with van der Waals surface area (Å²) in [6.45, 7) is 1.89. The van der Waals surface area contributed by atoms with Crippen LogP contribution in [0.3, 0.4) is 0 Å². The first kappa shape index (κ1) is 13.1. The van der Waals surface area contributed by atoms with E-state index in [1.807, 2.05) is 0 Å². The summed E-state index contributed by atoms with van der Waals surface area (Å²) in [5, 5.41) is 0.246. The van der Waals surface area contributed by atoms with Crippen molar-refractivity contribution in [1.29, 1.82) is 0 Å². The normalized spacial score (nSPS) is 11.7. The molecule has 0 aliphatic rings. The van der Waals surface area contributed by atoms with E-state index in [4.69, 9.17) is 16.0 Å². The molecule has 5 nitrogen and oxygen atoms in total. The van der Waals surface area contributed by atoms with Gasteiger partial charge in [0.25, 0.3) is 0 Å². The number of nitrogens with zero attached hydrogens (tertiary/aromatic N) is 1. The molecule has 0 radical (unpaired) electrons. The lowest BCUT2D eigenvalue weighted by Crippen LogP contribution is -2.23. The zero-order chi connectivity index (χ0) is 13.2. The van der Waals surface area contributed by atoms with Gasteiger partial charge in [0.05, 0.1) is 6.54 Å². The minimum absolute atomic E-state index is 0.0650. The molecule has 18 heavy (non-hydrogen) atoms. The Labute approximate surface area is 110 Å². The highest BCUT2D eigenvalue weighted by Crippen LogP contribution is 2.12. The molecule has 0 aromatic carbocycles. The van der Waals surface area contributed by atoms with Gasteiger partial charge in [0.1, 0.15) is 21.6 Å². The molecule has 0 saturated heterocycles. The zero-order valence-electron chi connectivity index (χ0n) is 9.55. The second kappa shape index (κ2) is 5.09. The summed E-state index contributed by atoms with van der Waals surface area (Å²) in [4.78, 5) is 3.79. The molecule has 2 heterocycles. The maximum atomic E-state index is 11.9. The van der Waals surface area contributed by atoms with Crippen molar-refractivity contribution in [2.24, 2.45) is 0 Å². The fourth-order valence-electron chi connectivity index (χ4n) is 1.35. The largest absolute Gasteiger partial charge is 0.465 e. The van der Waals surface area contributed by atoms with Crippen molar-refractivity contribution >= 4 is 21.6 Å². The van der Waals surface area contributed by atoms with E-state index in [1.165, 1.54) is 18.3 Å². The molecule has 7 heteroatoms. The van der Waals surface area contributed by atoms with E-state index < -0.39 is 10.0 Å². The van der Waals surface area contributed by atoms with Crippen LogP contribution >= 0.6 is 11.6 Å². The lowest BCUT2D eigenvalue weighted by Gasteiger charge is -2.04. The number of halogens is 1. The van der Waals surface area contributed by atoms with Gasteiger partial charge >= 0.3 is 0 Å². The summed E-state index contributed by atoms with van der Waals surface area (Å²) >= 11 is 5.60. The molecule has 2 rings (SSSR count). The molecule has 0 spiro atoms. The molecule has 0 amide bonds. The molecular weight excluding hydrogens is 276 g/mol. The highest BCUT2D eigenvalue weighted by molar-refractivity contribution is 7.89. The first-order valence-corrected chi connectivity index (χ1v) is 7.00. The van der Waals surface area contributed by atoms with Gasteiger partial charge < -0.3 is 4.42 Å². The summed E-state index contributed by atoms with van der Waals surface area (Å²) in [5.41, 5.74) is 0. The van der Waals surface area contributed by atoms with Gasteiger partial charge in [-0.3, -0.25) is 0 Å². The third-order valence-corrected chi connectivity index (χ3v) is 3.85. The van der Waals surface area contributed by atoms with Crippen LogP contribution in [0.4, 0.5) is 0 Å². The number of aryl methyl sites for hydroxylation is 1. The van der Waals surface area contributed by atoms with Crippen molar-refractivity contribution in [3.63, 3.8) is 0 Å². The molecule has 0 unspecified atom stereocenters. The molecule has 96 valence electrons. The van der Waals surface area contributed by atoms with Crippen molar-refractivity contribution < 1.29 is 12.8 Å². The van der Waals surface area contributed by atoms with Crippen LogP contribution in [0.25, 0.3) is 0 Å². The van der Waals surface area contributed by atoms with Crippen molar-refractivity contribution in [3.8, 4) is 0 Å². The molecule has 2 aromatic rings. The third kappa shape index (κ3) is 3.10. The van der Waals surface area contributed by atoms with Crippen molar-refractivity contribution in [1.82, 2.24) is 9.71 Å². The maximum absolute atomic E-state index is 11.9. The van der Waals surface area contributed by atoms with Crippen LogP contribution in [0, 0.1) is 6.92 Å². The zero-order valence-corrected chi connectivity index (χ0v) is 11.1. The summed E-state index contributed by atoms with van der Waals surface area (Å²) < 4.78 is 31.5. The van der Waals surface area contributed by atoms with E-state index in [0.717, 1.165) is 5.76 Å². The predicted octanol–water partition coefficient (Wildman–Crippen LogP) is 2.11. The van der Waals surface area contributed by atoms with Crippen molar-refractivity contribution in [3.05, 3.63) is 47.1 Å². The Morgan fingerprint density at radius 1 is 1.33 bits per heavy atom. The Bertz CT molecular complexity index is 635. The fourth-order valence-corrected chi connectivity index (χ4v) is 2.40. The van der Waals surface area contributed by atoms with Crippen LogP contribution in [0.15, 0.2) is 39.8 Å². The van der Waals surface area contributed by atoms with E-state index >= 15 is 0 Å². The van der Waals surface area contributed by atoms with Gasteiger partial charge in [-0.05, 0) is 31.2 Å². The molecule has 0 atom stereocenters. The van der Waals surface area contributed by atoms with Crippen LogP contribution in [0.1, 0.15) is 11.5 Å². The molecule has 0 aliphatic heterocycles. The molecular formula is C11H11ClN2O3S. The second-order valence-corrected chi connectivity index (χ2v) is 5.81. The Balaban J connectivity index is 2.10. The lowest BCUT2D eigenvalue weighted by atomic mass is 10.4. The third-order valence-electron chi connectivity index (χ3n) is 2.24. The molecule has 0 aliphatic carbocycles. The van der Waals surface area contributed by atoms with Gasteiger partial charge in [-0.1, -0.05) is 11.6 Å². The minimum Gasteiger partial charge on any atom is -0.465 e. The predicted molar refractivity (Wildman–Crippen MR) is 66.7 cm³/mol. The number of rotatable bonds is 4. The fraction of sp³-hybridized carbons (Fsp3) is 0.182. The van der Waals surface area contributed by atoms with Crippen molar-refractivity contribution in [2.45, 2.75) is 18.4 Å². The lowest BCUT2D eigenvalue weighted by molar-refractivity contribution is 0.475. The average Bonchev–Trinajstić information content (AvgIpc) is 2.73. The van der Waals surface area contributed by atoms with E-state index in [9.17, 15) is 8.42 Å². The van der Waals surface area contributed by atoms with E-state index in [0.29, 0.717) is 5.76 Å². The van der Waals surface area contributed by atoms with Gasteiger partial charge in [-0.15, -0.1) is 0 Å². The first-order valence-electron chi connectivity index (χ1n) is 5.14. The van der Waals surface area contributed by atoms with Gasteiger partial charge in [0.2, 0.25) is 10.0 Å². The number of pyridine rings is 1. The van der Waals surface area contributed by atoms with Gasteiger partial charge in [0.15, 0.2) is 0 Å². The first-order chi connectivity index (χ1) is 8.47. The number of aromatic nitrogens is 1. The number of nitrogens with one attached hydrogen (secondary N) is 1. The monoisotopic (exact) mass is 286 g/mol. The number of sulfonamides is 1. The van der Waals surface area contributed by atoms with E-state index in [2.05, 4.69) is 9.71 Å². The highest BCUT2D eigenvalue weighted by Gasteiger charge is 2.14. The van der Waals surface area contributed by atoms with E-state index in [1.54, 1.807) is 19.1 Å². The van der Waals surface area contributed by atoms with Crippen LogP contribution in [-0.2, 0) is 16.6 Å². The average molecular weight is 287 g/mol. The Morgan fingerprint density at radius 3 is 2.67 bits per heavy atom. The van der Waals surface area contributed by atoms with Gasteiger partial charge in [-0.25, -0.2) is 18.1 Å². The van der Waals surface area contributed by atoms with E-state index in [-0.39, 0.29) is 16.6 Å². The topological polar surface area (TPSA) is 72.2 Å². The summed E-state index contributed by atoms with van der Waals surface area (Å²) in [6, 6.07) is 6.31. The quantitative estimate of drug-likeness (QED) is 0.874. The Morgan fingerprint density at radius 2 is 2.11 bits per heavy atom. The Kier molecular flexibility index (Phi) is 3.70. The van der Waals surface area contributed by atoms with Crippen LogP contribution in [-0.4, -0.2) is 13.4 Å². The Hall–Kier alpha value is -1.37. The van der Waals surface area contributed by atoms with Crippen molar-refractivity contribution in [2.75, 3.05) is 0 Å². The molecule has 0 fully saturated rings.